The summed E-state index contributed by atoms with van der Waals surface area (Å²) in [6, 6.07) is 9.97. The zero-order chi connectivity index (χ0) is 13.8. The number of nitrogens with zero attached hydrogens (tertiary/aromatic N) is 1. The van der Waals surface area contributed by atoms with Gasteiger partial charge < -0.3 is 0 Å². The number of Topliss-reactive ketones (excluding diaryl/α,β-unsaturated/α-hetero) is 1. The molecule has 1 aromatic rings. The lowest BCUT2D eigenvalue weighted by Crippen LogP contribution is -2.39. The Labute approximate surface area is 111 Å². The van der Waals surface area contributed by atoms with Crippen LogP contribution in [0.2, 0.25) is 0 Å². The quantitative estimate of drug-likeness (QED) is 0.791. The second-order valence-electron chi connectivity index (χ2n) is 5.65. The highest BCUT2D eigenvalue weighted by Gasteiger charge is 2.33. The van der Waals surface area contributed by atoms with E-state index in [-0.39, 0.29) is 17.2 Å². The Balaban J connectivity index is 3.15. The number of hydrogen-bond acceptors (Lipinski definition) is 2. The van der Waals surface area contributed by atoms with Crippen LogP contribution >= 0.6 is 0 Å². The first-order valence-corrected chi connectivity index (χ1v) is 6.75. The highest BCUT2D eigenvalue weighted by Crippen LogP contribution is 2.30. The molecule has 1 rings (SSSR count). The minimum Gasteiger partial charge on any atom is -0.297 e. The Morgan fingerprint density at radius 3 is 2.00 bits per heavy atom. The largest absolute Gasteiger partial charge is 0.297 e. The second kappa shape index (κ2) is 6.14. The standard InChI is InChI=1S/C16H25NO/c1-6-17(7-2)14(15(18)16(3,4)5)13-11-9-8-10-12-13/h8-12,14H,6-7H2,1-5H3/t14-/m1/s1. The number of carbonyl (C=O) groups is 1. The first-order chi connectivity index (χ1) is 8.41. The first-order valence-electron chi connectivity index (χ1n) is 6.75. The zero-order valence-electron chi connectivity index (χ0n) is 12.2. The molecule has 0 bridgehead atoms. The summed E-state index contributed by atoms with van der Waals surface area (Å²) < 4.78 is 0. The molecule has 2 heteroatoms. The number of benzene rings is 1. The lowest BCUT2D eigenvalue weighted by molar-refractivity contribution is -0.132. The Hall–Kier alpha value is -1.15. The van der Waals surface area contributed by atoms with Gasteiger partial charge >= 0.3 is 0 Å². The molecule has 0 aromatic heterocycles. The van der Waals surface area contributed by atoms with Crippen molar-refractivity contribution in [2.75, 3.05) is 13.1 Å². The van der Waals surface area contributed by atoms with Gasteiger partial charge in [0.2, 0.25) is 0 Å². The van der Waals surface area contributed by atoms with Crippen molar-refractivity contribution >= 4 is 5.78 Å². The number of ketones is 1. The molecule has 0 saturated heterocycles. The molecule has 0 aliphatic carbocycles. The average molecular weight is 247 g/mol. The number of carbonyl (C=O) groups excluding carboxylic acids is 1. The summed E-state index contributed by atoms with van der Waals surface area (Å²) in [5, 5.41) is 0. The van der Waals surface area contributed by atoms with Crippen LogP contribution in [0.3, 0.4) is 0 Å². The van der Waals surface area contributed by atoms with Crippen molar-refractivity contribution in [3.05, 3.63) is 35.9 Å². The van der Waals surface area contributed by atoms with E-state index in [4.69, 9.17) is 0 Å². The predicted octanol–water partition coefficient (Wildman–Crippen LogP) is 3.68. The van der Waals surface area contributed by atoms with Crippen molar-refractivity contribution in [3.8, 4) is 0 Å². The average Bonchev–Trinajstić information content (AvgIpc) is 2.35. The van der Waals surface area contributed by atoms with E-state index < -0.39 is 0 Å². The van der Waals surface area contributed by atoms with Crippen LogP contribution in [-0.2, 0) is 4.79 Å². The molecule has 1 atom stereocenters. The number of hydrogen-bond donors (Lipinski definition) is 0. The summed E-state index contributed by atoms with van der Waals surface area (Å²) in [7, 11) is 0. The highest BCUT2D eigenvalue weighted by atomic mass is 16.1. The van der Waals surface area contributed by atoms with Crippen molar-refractivity contribution in [2.24, 2.45) is 5.41 Å². The smallest absolute Gasteiger partial charge is 0.159 e. The van der Waals surface area contributed by atoms with Gasteiger partial charge in [0.25, 0.3) is 0 Å². The monoisotopic (exact) mass is 247 g/mol. The highest BCUT2D eigenvalue weighted by molar-refractivity contribution is 5.89. The van der Waals surface area contributed by atoms with E-state index in [0.717, 1.165) is 18.7 Å². The van der Waals surface area contributed by atoms with Crippen LogP contribution in [-0.4, -0.2) is 23.8 Å². The fourth-order valence-corrected chi connectivity index (χ4v) is 2.16. The van der Waals surface area contributed by atoms with Crippen LogP contribution in [0.1, 0.15) is 46.2 Å². The lowest BCUT2D eigenvalue weighted by atomic mass is 9.83. The van der Waals surface area contributed by atoms with E-state index in [1.165, 1.54) is 0 Å². The van der Waals surface area contributed by atoms with Gasteiger partial charge in [-0.3, -0.25) is 9.69 Å². The third-order valence-electron chi connectivity index (χ3n) is 3.28. The van der Waals surface area contributed by atoms with Crippen LogP contribution in [0.25, 0.3) is 0 Å². The van der Waals surface area contributed by atoms with Crippen molar-refractivity contribution in [1.29, 1.82) is 0 Å². The summed E-state index contributed by atoms with van der Waals surface area (Å²) in [6.07, 6.45) is 0. The summed E-state index contributed by atoms with van der Waals surface area (Å²) >= 11 is 0. The molecule has 2 nitrogen and oxygen atoms in total. The van der Waals surface area contributed by atoms with Gasteiger partial charge in [0.1, 0.15) is 0 Å². The fourth-order valence-electron chi connectivity index (χ4n) is 2.16. The van der Waals surface area contributed by atoms with Crippen LogP contribution in [0.4, 0.5) is 0 Å². The maximum absolute atomic E-state index is 12.7. The molecule has 0 radical (unpaired) electrons. The van der Waals surface area contributed by atoms with Crippen molar-refractivity contribution in [1.82, 2.24) is 4.90 Å². The molecule has 0 amide bonds. The van der Waals surface area contributed by atoms with Crippen LogP contribution in [0.5, 0.6) is 0 Å². The minimum absolute atomic E-state index is 0.124. The molecule has 0 saturated carbocycles. The topological polar surface area (TPSA) is 20.3 Å². The van der Waals surface area contributed by atoms with Crippen molar-refractivity contribution < 1.29 is 4.79 Å². The fraction of sp³-hybridized carbons (Fsp3) is 0.562. The van der Waals surface area contributed by atoms with E-state index in [0.29, 0.717) is 0 Å². The molecule has 0 aliphatic rings. The van der Waals surface area contributed by atoms with Crippen LogP contribution in [0, 0.1) is 5.41 Å². The molecule has 0 spiro atoms. The Kier molecular flexibility index (Phi) is 5.09. The van der Waals surface area contributed by atoms with Gasteiger partial charge in [-0.25, -0.2) is 0 Å². The molecular formula is C16H25NO. The SMILES string of the molecule is CCN(CC)[C@@H](C(=O)C(C)(C)C)c1ccccc1. The Morgan fingerprint density at radius 2 is 1.61 bits per heavy atom. The molecule has 18 heavy (non-hydrogen) atoms. The second-order valence-corrected chi connectivity index (χ2v) is 5.65. The van der Waals surface area contributed by atoms with Gasteiger partial charge in [-0.15, -0.1) is 0 Å². The molecule has 0 heterocycles. The minimum atomic E-state index is -0.316. The van der Waals surface area contributed by atoms with E-state index in [1.54, 1.807) is 0 Å². The van der Waals surface area contributed by atoms with Gasteiger partial charge in [0, 0.05) is 5.41 Å². The predicted molar refractivity (Wildman–Crippen MR) is 76.6 cm³/mol. The van der Waals surface area contributed by atoms with Gasteiger partial charge in [0.05, 0.1) is 6.04 Å². The lowest BCUT2D eigenvalue weighted by Gasteiger charge is -2.33. The van der Waals surface area contributed by atoms with Crippen LogP contribution < -0.4 is 0 Å². The van der Waals surface area contributed by atoms with Gasteiger partial charge in [-0.1, -0.05) is 65.0 Å². The third-order valence-corrected chi connectivity index (χ3v) is 3.28. The van der Waals surface area contributed by atoms with Crippen LogP contribution in [0.15, 0.2) is 30.3 Å². The maximum atomic E-state index is 12.7. The summed E-state index contributed by atoms with van der Waals surface area (Å²) in [4.78, 5) is 14.9. The summed E-state index contributed by atoms with van der Waals surface area (Å²) in [5.74, 6) is 0.289. The van der Waals surface area contributed by atoms with Crippen molar-refractivity contribution in [3.63, 3.8) is 0 Å². The van der Waals surface area contributed by atoms with Gasteiger partial charge in [-0.2, -0.15) is 0 Å². The van der Waals surface area contributed by atoms with E-state index in [9.17, 15) is 4.79 Å². The Morgan fingerprint density at radius 1 is 1.11 bits per heavy atom. The molecule has 0 fully saturated rings. The zero-order valence-corrected chi connectivity index (χ0v) is 12.2. The van der Waals surface area contributed by atoms with E-state index >= 15 is 0 Å². The first kappa shape index (κ1) is 14.9. The summed E-state index contributed by atoms with van der Waals surface area (Å²) in [6.45, 7) is 12.0. The maximum Gasteiger partial charge on any atom is 0.159 e. The normalized spacial score (nSPS) is 13.7. The Bertz CT molecular complexity index is 374. The number of likely N-dealkylation sites (N-methyl/N-ethyl adjacent to an activating group) is 1. The number of rotatable bonds is 5. The van der Waals surface area contributed by atoms with E-state index in [2.05, 4.69) is 18.7 Å². The molecule has 0 unspecified atom stereocenters. The molecule has 100 valence electrons. The summed E-state index contributed by atoms with van der Waals surface area (Å²) in [5.41, 5.74) is 0.782. The third kappa shape index (κ3) is 3.42. The van der Waals surface area contributed by atoms with Gasteiger partial charge in [-0.05, 0) is 18.7 Å². The molecule has 1 aromatic carbocycles. The van der Waals surface area contributed by atoms with Crippen molar-refractivity contribution in [2.45, 2.75) is 40.7 Å². The van der Waals surface area contributed by atoms with Gasteiger partial charge in [0.15, 0.2) is 5.78 Å². The molecule has 0 N–H and O–H groups in total. The van der Waals surface area contributed by atoms with E-state index in [1.807, 2.05) is 51.1 Å². The molecule has 0 aliphatic heterocycles. The molecular weight excluding hydrogens is 222 g/mol.